The lowest BCUT2D eigenvalue weighted by molar-refractivity contribution is -0.107. The highest BCUT2D eigenvalue weighted by molar-refractivity contribution is 5.02. The molecule has 19 aliphatic rings. The van der Waals surface area contributed by atoms with E-state index in [1.165, 1.54) is 205 Å². The minimum absolute atomic E-state index is 0.133. The molecule has 9 atom stereocenters. The summed E-state index contributed by atoms with van der Waals surface area (Å²) >= 11 is 0. The highest BCUT2D eigenvalue weighted by Crippen LogP contribution is 2.61. The third-order valence-corrected chi connectivity index (χ3v) is 25.4. The van der Waals surface area contributed by atoms with E-state index in [9.17, 15) is 0 Å². The standard InChI is InChI=1S/C12H20.C10H18.3C9H16.C9H18.C8H14.C8H16/c1-2-12-10-4-8-3-9(6-10)7-11(12)5-8;1-2-9-7-8-3-5-10(9)6-4-8;1-6(2)9-5-7-3-8(9)4-7;1-2-8-5-7-3-4-9(8)6-7;1-2-9-7-3-4-8(9)6-5-7;1-8(2)9-6-4-3-5-7-9;1-5(2)8-6-3-7(8)4-6;1-7(2)8-5-3-4-6-8/h8-12H,2-7H2,1H3;8-10H,2-7H2,1H3;6-9H,3-5H2,1-2H3;2*7-9H,2-6H2,1H3;8-9H,3-7H2,1-2H3;5-8H,3-4H2,1-2H3;7-8H,3-6H2,1-2H3/i2*2D;6D;2*2D;8D;5D;7D. The molecule has 19 rings (SSSR count). The lowest BCUT2D eigenvalue weighted by Gasteiger charge is -2.60. The molecule has 0 spiro atoms. The smallest absolute Gasteiger partial charge is 0.0300 e. The Morgan fingerprint density at radius 1 is 0.297 bits per heavy atom. The van der Waals surface area contributed by atoms with Gasteiger partial charge in [-0.15, -0.1) is 0 Å². The van der Waals surface area contributed by atoms with Gasteiger partial charge in [-0.05, 0) is 282 Å². The van der Waals surface area contributed by atoms with Crippen LogP contribution in [0.2, 0.25) is 0 Å². The van der Waals surface area contributed by atoms with Gasteiger partial charge < -0.3 is 0 Å². The van der Waals surface area contributed by atoms with Crippen molar-refractivity contribution in [2.75, 3.05) is 0 Å². The van der Waals surface area contributed by atoms with Crippen LogP contribution in [-0.2, 0) is 0 Å². The maximum absolute atomic E-state index is 7.95. The van der Waals surface area contributed by atoms with Gasteiger partial charge in [0.25, 0.3) is 0 Å². The van der Waals surface area contributed by atoms with Gasteiger partial charge >= 0.3 is 0 Å². The van der Waals surface area contributed by atoms with Crippen LogP contribution in [0.5, 0.6) is 0 Å². The largest absolute Gasteiger partial charge is 0.0651 e. The molecular weight excluding hydrogens is 889 g/mol. The average molecular weight is 1030 g/mol. The third kappa shape index (κ3) is 15.7. The zero-order valence-electron chi connectivity index (χ0n) is 59.6. The fourth-order valence-corrected chi connectivity index (χ4v) is 20.9. The minimum atomic E-state index is -0.180. The van der Waals surface area contributed by atoms with Crippen LogP contribution < -0.4 is 0 Å². The summed E-state index contributed by atoms with van der Waals surface area (Å²) in [7, 11) is 0. The molecule has 430 valence electrons. The van der Waals surface area contributed by atoms with Crippen molar-refractivity contribution in [3.05, 3.63) is 0 Å². The second-order valence-corrected chi connectivity index (χ2v) is 30.7. The van der Waals surface area contributed by atoms with Gasteiger partial charge in [0.05, 0.1) is 0 Å². The van der Waals surface area contributed by atoms with Crippen LogP contribution in [0.3, 0.4) is 0 Å². The lowest BCUT2D eigenvalue weighted by atomic mass is 9.45. The quantitative estimate of drug-likeness (QED) is 0.227. The number of hydrogen-bond acceptors (Lipinski definition) is 0. The van der Waals surface area contributed by atoms with Crippen molar-refractivity contribution in [3.63, 3.8) is 0 Å². The number of rotatable bonds is 8. The maximum Gasteiger partial charge on any atom is 0.0300 e. The summed E-state index contributed by atoms with van der Waals surface area (Å²) in [6.45, 7) is 24.7. The van der Waals surface area contributed by atoms with Crippen molar-refractivity contribution in [3.8, 4) is 0 Å². The van der Waals surface area contributed by atoms with E-state index in [4.69, 9.17) is 11.0 Å². The van der Waals surface area contributed by atoms with E-state index in [2.05, 4.69) is 55.4 Å². The Kier molecular flexibility index (Phi) is 19.6. The lowest BCUT2D eigenvalue weighted by Crippen LogP contribution is -2.52. The molecule has 0 radical (unpaired) electrons. The van der Waals surface area contributed by atoms with Crippen LogP contribution in [0.1, 0.15) is 325 Å². The van der Waals surface area contributed by atoms with Crippen LogP contribution in [0, 0.1) is 154 Å². The summed E-state index contributed by atoms with van der Waals surface area (Å²) in [4.78, 5) is 0. The van der Waals surface area contributed by atoms with Crippen LogP contribution >= 0.6 is 0 Å². The molecular formula is C74H134. The molecule has 0 N–H and O–H groups in total. The summed E-state index contributed by atoms with van der Waals surface area (Å²) < 4.78 is 62.2. The Labute approximate surface area is 477 Å². The zero-order chi connectivity index (χ0) is 59.6. The fourth-order valence-electron chi connectivity index (χ4n) is 20.9. The Hall–Kier alpha value is 0. The van der Waals surface area contributed by atoms with Crippen LogP contribution in [0.4, 0.5) is 0 Å². The Morgan fingerprint density at radius 3 is 0.946 bits per heavy atom. The summed E-state index contributed by atoms with van der Waals surface area (Å²) in [6.07, 6.45) is 45.9. The van der Waals surface area contributed by atoms with Gasteiger partial charge in [-0.2, -0.15) is 0 Å². The predicted molar refractivity (Wildman–Crippen MR) is 325 cm³/mol. The van der Waals surface area contributed by atoms with E-state index in [0.717, 1.165) is 118 Å². The van der Waals surface area contributed by atoms with E-state index >= 15 is 0 Å². The highest BCUT2D eigenvalue weighted by Gasteiger charge is 2.53. The van der Waals surface area contributed by atoms with Crippen molar-refractivity contribution in [2.45, 2.75) is 314 Å². The summed E-state index contributed by atoms with van der Waals surface area (Å²) in [6, 6.07) is 0. The summed E-state index contributed by atoms with van der Waals surface area (Å²) in [5, 5.41) is 0. The molecule has 0 saturated heterocycles. The zero-order valence-corrected chi connectivity index (χ0v) is 51.6. The van der Waals surface area contributed by atoms with Crippen molar-refractivity contribution >= 4 is 0 Å². The first-order valence-electron chi connectivity index (χ1n) is 38.4. The molecule has 19 saturated carbocycles. The highest BCUT2D eigenvalue weighted by atomic mass is 14.6. The molecule has 19 aliphatic carbocycles. The molecule has 0 aromatic carbocycles. The molecule has 0 heterocycles. The number of fused-ring (bicyclic) bond motifs is 8. The van der Waals surface area contributed by atoms with Gasteiger partial charge in [0, 0.05) is 11.0 Å². The first-order valence-corrected chi connectivity index (χ1v) is 34.1. The average Bonchev–Trinajstić information content (AvgIpc) is 4.41. The topological polar surface area (TPSA) is 0 Å². The summed E-state index contributed by atoms with van der Waals surface area (Å²) in [5.74, 6) is 18.9. The SMILES string of the molecule is [2H]C(C)(C)C1C2CC1C2.[2H]C(C)(C)C1CC2CC1C2.[2H]C(C)(C)C1CCCC1.[2H]C(C)(C)C1CCCCC1.[2H]C(C)C1C2CC3CC(C2)CC1C3.[2H]C(C)C1C2CCC1CC2.[2H]C(C)C1CC2CCC1C2.[2H]C(C)C1CC2CCC1CC2. The van der Waals surface area contributed by atoms with E-state index < -0.39 is 0 Å². The second kappa shape index (κ2) is 29.1. The van der Waals surface area contributed by atoms with E-state index in [-0.39, 0.29) is 49.2 Å². The first kappa shape index (κ1) is 49.8. The first-order chi connectivity index (χ1) is 38.4. The third-order valence-electron chi connectivity index (χ3n) is 25.4. The molecule has 0 heteroatoms. The van der Waals surface area contributed by atoms with Crippen LogP contribution in [0.25, 0.3) is 0 Å². The Bertz CT molecular complexity index is 1780. The van der Waals surface area contributed by atoms with Crippen molar-refractivity contribution < 1.29 is 11.0 Å². The Balaban J connectivity index is 0.000000123. The number of hydrogen-bond donors (Lipinski definition) is 0. The van der Waals surface area contributed by atoms with E-state index in [0.29, 0.717) is 11.8 Å². The molecule has 0 aromatic rings. The molecule has 0 aromatic heterocycles. The molecule has 14 bridgehead atoms. The maximum atomic E-state index is 7.95. The van der Waals surface area contributed by atoms with Gasteiger partial charge in [-0.3, -0.25) is 0 Å². The van der Waals surface area contributed by atoms with Crippen molar-refractivity contribution in [1.29, 1.82) is 0 Å². The van der Waals surface area contributed by atoms with Crippen molar-refractivity contribution in [2.24, 2.45) is 154 Å². The normalized spacial score (nSPS) is 47.5. The molecule has 0 amide bonds. The predicted octanol–water partition coefficient (Wildman–Crippen LogP) is 23.4. The van der Waals surface area contributed by atoms with E-state index in [1.807, 2.05) is 27.7 Å². The molecule has 19 fully saturated rings. The van der Waals surface area contributed by atoms with Gasteiger partial charge in [-0.1, -0.05) is 186 Å². The van der Waals surface area contributed by atoms with Crippen LogP contribution in [-0.4, -0.2) is 0 Å². The van der Waals surface area contributed by atoms with Gasteiger partial charge in [0.1, 0.15) is 0 Å². The molecule has 74 heavy (non-hydrogen) atoms. The fraction of sp³-hybridized carbons (Fsp3) is 1.00. The van der Waals surface area contributed by atoms with Gasteiger partial charge in [0.15, 0.2) is 0 Å². The molecule has 0 nitrogen and oxygen atoms in total. The Morgan fingerprint density at radius 2 is 0.689 bits per heavy atom. The van der Waals surface area contributed by atoms with E-state index in [1.54, 1.807) is 0 Å². The second-order valence-electron chi connectivity index (χ2n) is 30.7. The monoisotopic (exact) mass is 1030 g/mol. The van der Waals surface area contributed by atoms with Crippen LogP contribution in [0.15, 0.2) is 0 Å². The minimum Gasteiger partial charge on any atom is -0.0651 e. The molecule has 9 unspecified atom stereocenters. The van der Waals surface area contributed by atoms with Gasteiger partial charge in [0.2, 0.25) is 0 Å². The molecule has 0 aliphatic heterocycles. The van der Waals surface area contributed by atoms with Gasteiger partial charge in [-0.25, -0.2) is 0 Å². The summed E-state index contributed by atoms with van der Waals surface area (Å²) in [5.41, 5.74) is 0. The van der Waals surface area contributed by atoms with Crippen molar-refractivity contribution in [1.82, 2.24) is 0 Å².